The minimum absolute atomic E-state index is 0.0110. The van der Waals surface area contributed by atoms with Gasteiger partial charge in [0.05, 0.1) is 11.6 Å². The maximum absolute atomic E-state index is 12.9. The molecule has 4 nitrogen and oxygen atoms in total. The van der Waals surface area contributed by atoms with Crippen molar-refractivity contribution in [2.75, 3.05) is 0 Å². The van der Waals surface area contributed by atoms with Crippen LogP contribution in [-0.4, -0.2) is 16.2 Å². The first-order valence-corrected chi connectivity index (χ1v) is 14.5. The molecule has 3 unspecified atom stereocenters. The molecule has 0 aliphatic heterocycles. The van der Waals surface area contributed by atoms with Crippen LogP contribution in [0.3, 0.4) is 0 Å². The summed E-state index contributed by atoms with van der Waals surface area (Å²) in [6.07, 6.45) is 12.0. The first-order chi connectivity index (χ1) is 16.3. The molecule has 1 aromatic rings. The lowest BCUT2D eigenvalue weighted by atomic mass is 9.32. The Kier molecular flexibility index (Phi) is 4.92. The van der Waals surface area contributed by atoms with Gasteiger partial charge in [0.25, 0.3) is 0 Å². The summed E-state index contributed by atoms with van der Waals surface area (Å²) in [6, 6.07) is 0. The number of carboxylic acid groups (broad SMARTS) is 1. The number of nitrogens with zero attached hydrogens (tertiary/aromatic N) is 1. The summed E-state index contributed by atoms with van der Waals surface area (Å²) in [5, 5.41) is 14.8. The van der Waals surface area contributed by atoms with Crippen LogP contribution in [0.4, 0.5) is 0 Å². The molecule has 0 spiro atoms. The van der Waals surface area contributed by atoms with Gasteiger partial charge in [-0.1, -0.05) is 53.6 Å². The van der Waals surface area contributed by atoms with Gasteiger partial charge in [0.1, 0.15) is 5.76 Å². The summed E-state index contributed by atoms with van der Waals surface area (Å²) in [5.41, 5.74) is 1.56. The Bertz CT molecular complexity index is 1040. The number of hydrogen-bond acceptors (Lipinski definition) is 3. The van der Waals surface area contributed by atoms with Crippen LogP contribution in [-0.2, 0) is 16.6 Å². The van der Waals surface area contributed by atoms with Crippen molar-refractivity contribution < 1.29 is 14.4 Å². The highest BCUT2D eigenvalue weighted by atomic mass is 16.5. The molecule has 0 radical (unpaired) electrons. The zero-order valence-corrected chi connectivity index (χ0v) is 23.1. The lowest BCUT2D eigenvalue weighted by molar-refractivity contribution is -0.230. The van der Waals surface area contributed by atoms with Crippen molar-refractivity contribution in [2.45, 2.75) is 112 Å². The zero-order chi connectivity index (χ0) is 25.2. The smallest absolute Gasteiger partial charge is 0.309 e. The van der Waals surface area contributed by atoms with Gasteiger partial charge in [-0.25, -0.2) is 0 Å². The molecule has 0 saturated heterocycles. The highest BCUT2D eigenvalue weighted by molar-refractivity contribution is 5.76. The third-order valence-electron chi connectivity index (χ3n) is 13.7. The number of aromatic nitrogens is 1. The van der Waals surface area contributed by atoms with E-state index in [2.05, 4.69) is 53.6 Å². The molecule has 5 aliphatic carbocycles. The molecule has 4 heteroatoms. The fraction of sp³-hybridized carbons (Fsp3) is 0.871. The molecule has 5 aliphatic rings. The van der Waals surface area contributed by atoms with Crippen LogP contribution in [0.2, 0.25) is 0 Å². The minimum Gasteiger partial charge on any atom is -0.481 e. The van der Waals surface area contributed by atoms with Gasteiger partial charge >= 0.3 is 5.97 Å². The summed E-state index contributed by atoms with van der Waals surface area (Å²) in [4.78, 5) is 12.9. The van der Waals surface area contributed by atoms with E-state index in [9.17, 15) is 9.90 Å². The number of hydrogen-bond donors (Lipinski definition) is 1. The topological polar surface area (TPSA) is 63.3 Å². The monoisotopic (exact) mass is 481 g/mol. The Morgan fingerprint density at radius 2 is 1.71 bits per heavy atom. The molecule has 0 amide bonds. The zero-order valence-electron chi connectivity index (χ0n) is 23.1. The Balaban J connectivity index is 1.43. The molecule has 1 aromatic heterocycles. The molecule has 6 rings (SSSR count). The predicted octanol–water partition coefficient (Wildman–Crippen LogP) is 7.51. The van der Waals surface area contributed by atoms with E-state index in [-0.39, 0.29) is 21.7 Å². The van der Waals surface area contributed by atoms with Crippen molar-refractivity contribution in [3.63, 3.8) is 0 Å². The Morgan fingerprint density at radius 1 is 0.971 bits per heavy atom. The summed E-state index contributed by atoms with van der Waals surface area (Å²) in [6.45, 7) is 17.3. The lowest BCUT2D eigenvalue weighted by Gasteiger charge is -2.72. The fourth-order valence-corrected chi connectivity index (χ4v) is 12.0. The van der Waals surface area contributed by atoms with E-state index >= 15 is 0 Å². The van der Waals surface area contributed by atoms with E-state index in [1.165, 1.54) is 31.2 Å². The van der Waals surface area contributed by atoms with Crippen LogP contribution in [0.15, 0.2) is 10.7 Å². The van der Waals surface area contributed by atoms with E-state index in [1.54, 1.807) is 0 Å². The standard InChI is InChI=1S/C31H47NO3/c1-18(2)20-10-13-31(26(33)34)15-14-29(6)21(24(20)31)8-9-23-28(5)16-19-17-32-35-25(19)27(3,4)22(28)11-12-30(23,29)7/h17-18,20-24H,8-16H2,1-7H3,(H,33,34)/t20-,21?,22?,23+,24?,28-,29+,30+,31-/m0/s1. The maximum atomic E-state index is 12.9. The van der Waals surface area contributed by atoms with Crippen molar-refractivity contribution in [3.8, 4) is 0 Å². The summed E-state index contributed by atoms with van der Waals surface area (Å²) in [7, 11) is 0. The van der Waals surface area contributed by atoms with Crippen molar-refractivity contribution in [3.05, 3.63) is 17.5 Å². The van der Waals surface area contributed by atoms with Crippen LogP contribution in [0, 0.1) is 57.2 Å². The molecular weight excluding hydrogens is 434 g/mol. The third kappa shape index (κ3) is 2.70. The number of aliphatic carboxylic acids is 1. The van der Waals surface area contributed by atoms with Gasteiger partial charge in [-0.2, -0.15) is 0 Å². The van der Waals surface area contributed by atoms with Crippen molar-refractivity contribution >= 4 is 5.97 Å². The summed E-state index contributed by atoms with van der Waals surface area (Å²) < 4.78 is 5.84. The fourth-order valence-electron chi connectivity index (χ4n) is 12.0. The van der Waals surface area contributed by atoms with Gasteiger partial charge < -0.3 is 9.63 Å². The van der Waals surface area contributed by atoms with Crippen molar-refractivity contribution in [2.24, 2.45) is 57.2 Å². The van der Waals surface area contributed by atoms with E-state index in [4.69, 9.17) is 4.52 Å². The molecule has 35 heavy (non-hydrogen) atoms. The molecule has 0 bridgehead atoms. The highest BCUT2D eigenvalue weighted by Crippen LogP contribution is 2.77. The Hall–Kier alpha value is -1.32. The van der Waals surface area contributed by atoms with Crippen LogP contribution in [0.5, 0.6) is 0 Å². The normalized spacial score (nSPS) is 50.0. The molecule has 1 N–H and O–H groups in total. The molecule has 4 fully saturated rings. The van der Waals surface area contributed by atoms with Crippen LogP contribution in [0.1, 0.15) is 111 Å². The molecular formula is C31H47NO3. The average molecular weight is 482 g/mol. The molecule has 0 aromatic carbocycles. The molecule has 194 valence electrons. The van der Waals surface area contributed by atoms with Crippen molar-refractivity contribution in [1.29, 1.82) is 0 Å². The van der Waals surface area contributed by atoms with E-state index in [0.29, 0.717) is 35.5 Å². The van der Waals surface area contributed by atoms with Gasteiger partial charge in [-0.05, 0) is 110 Å². The van der Waals surface area contributed by atoms with E-state index in [1.807, 2.05) is 6.20 Å². The summed E-state index contributed by atoms with van der Waals surface area (Å²) >= 11 is 0. The number of carbonyl (C=O) groups is 1. The van der Waals surface area contributed by atoms with Gasteiger partial charge in [-0.3, -0.25) is 4.79 Å². The second-order valence-corrected chi connectivity index (χ2v) is 15.2. The van der Waals surface area contributed by atoms with Crippen LogP contribution in [0.25, 0.3) is 0 Å². The van der Waals surface area contributed by atoms with E-state index < -0.39 is 11.4 Å². The van der Waals surface area contributed by atoms with Gasteiger partial charge in [-0.15, -0.1) is 0 Å². The minimum atomic E-state index is -0.496. The first kappa shape index (κ1) is 24.0. The lowest BCUT2D eigenvalue weighted by Crippen LogP contribution is -2.66. The Labute approximate surface area is 212 Å². The third-order valence-corrected chi connectivity index (χ3v) is 13.7. The predicted molar refractivity (Wildman–Crippen MR) is 137 cm³/mol. The highest BCUT2D eigenvalue weighted by Gasteiger charge is 2.72. The van der Waals surface area contributed by atoms with E-state index in [0.717, 1.165) is 37.9 Å². The molecule has 1 heterocycles. The van der Waals surface area contributed by atoms with Gasteiger partial charge in [0.15, 0.2) is 0 Å². The quantitative estimate of drug-likeness (QED) is 0.475. The second-order valence-electron chi connectivity index (χ2n) is 15.2. The van der Waals surface area contributed by atoms with Crippen LogP contribution < -0.4 is 0 Å². The first-order valence-electron chi connectivity index (χ1n) is 14.5. The largest absolute Gasteiger partial charge is 0.481 e. The van der Waals surface area contributed by atoms with Gasteiger partial charge in [0, 0.05) is 11.0 Å². The number of fused-ring (bicyclic) bond motifs is 8. The van der Waals surface area contributed by atoms with Gasteiger partial charge in [0.2, 0.25) is 0 Å². The maximum Gasteiger partial charge on any atom is 0.309 e. The SMILES string of the molecule is CC(C)[C@@H]1CC[C@]2(C(=O)O)CC[C@]3(C)C(CC[C@@H]4[C@@]5(C)Cc6cnoc6C(C)(C)C5CC[C@]43C)C12. The number of carboxylic acids is 1. The Morgan fingerprint density at radius 3 is 2.40 bits per heavy atom. The summed E-state index contributed by atoms with van der Waals surface area (Å²) in [5.74, 6) is 3.88. The average Bonchev–Trinajstić information content (AvgIpc) is 3.39. The van der Waals surface area contributed by atoms with Crippen molar-refractivity contribution in [1.82, 2.24) is 5.16 Å². The van der Waals surface area contributed by atoms with Crippen LogP contribution >= 0.6 is 0 Å². The molecule has 9 atom stereocenters. The number of rotatable bonds is 2. The molecule has 4 saturated carbocycles. The second kappa shape index (κ2) is 7.16.